The lowest BCUT2D eigenvalue weighted by Crippen LogP contribution is -2.41. The Bertz CT molecular complexity index is 525. The van der Waals surface area contributed by atoms with Crippen LogP contribution >= 0.6 is 0 Å². The molecular formula is C15H23N5O. The molecule has 6 nitrogen and oxygen atoms in total. The van der Waals surface area contributed by atoms with Crippen molar-refractivity contribution in [3.63, 3.8) is 0 Å². The van der Waals surface area contributed by atoms with Crippen molar-refractivity contribution in [3.8, 4) is 0 Å². The van der Waals surface area contributed by atoms with E-state index in [0.29, 0.717) is 5.92 Å². The summed E-state index contributed by atoms with van der Waals surface area (Å²) < 4.78 is 5.39. The van der Waals surface area contributed by atoms with Crippen molar-refractivity contribution in [3.05, 3.63) is 30.4 Å². The summed E-state index contributed by atoms with van der Waals surface area (Å²) in [7, 11) is 0. The predicted molar refractivity (Wildman–Crippen MR) is 83.8 cm³/mol. The molecule has 3 rings (SSSR count). The third-order valence-electron chi connectivity index (χ3n) is 3.95. The second-order valence-corrected chi connectivity index (χ2v) is 5.83. The van der Waals surface area contributed by atoms with Crippen LogP contribution in [0, 0.1) is 5.92 Å². The van der Waals surface area contributed by atoms with Gasteiger partial charge in [-0.25, -0.2) is 5.43 Å². The van der Waals surface area contributed by atoms with Crippen LogP contribution in [0.15, 0.2) is 30.4 Å². The van der Waals surface area contributed by atoms with Crippen LogP contribution in [0.4, 0.5) is 11.4 Å². The smallest absolute Gasteiger partial charge is 0.116 e. The molecule has 21 heavy (non-hydrogen) atoms. The quantitative estimate of drug-likeness (QED) is 0.867. The minimum Gasteiger partial charge on any atom is -0.384 e. The molecule has 1 unspecified atom stereocenters. The van der Waals surface area contributed by atoms with Gasteiger partial charge in [0.2, 0.25) is 0 Å². The van der Waals surface area contributed by atoms with Crippen LogP contribution < -0.4 is 21.1 Å². The van der Waals surface area contributed by atoms with E-state index in [9.17, 15) is 0 Å². The number of anilines is 2. The molecule has 1 saturated heterocycles. The molecule has 0 spiro atoms. The summed E-state index contributed by atoms with van der Waals surface area (Å²) in [4.78, 5) is 6.65. The molecule has 3 heterocycles. The van der Waals surface area contributed by atoms with Gasteiger partial charge in [0.25, 0.3) is 0 Å². The van der Waals surface area contributed by atoms with Crippen molar-refractivity contribution in [2.75, 3.05) is 36.2 Å². The van der Waals surface area contributed by atoms with Crippen molar-refractivity contribution in [1.82, 2.24) is 10.4 Å². The van der Waals surface area contributed by atoms with E-state index < -0.39 is 0 Å². The van der Waals surface area contributed by atoms with Gasteiger partial charge in [0.15, 0.2) is 0 Å². The normalized spacial score (nSPS) is 22.8. The molecule has 2 aliphatic heterocycles. The van der Waals surface area contributed by atoms with E-state index in [1.54, 1.807) is 0 Å². The summed E-state index contributed by atoms with van der Waals surface area (Å²) in [5.41, 5.74) is 11.6. The number of hydrazine groups is 1. The number of nitrogens with one attached hydrogen (secondary N) is 1. The Hall–Kier alpha value is -1.79. The van der Waals surface area contributed by atoms with Crippen LogP contribution in [0.1, 0.15) is 13.8 Å². The van der Waals surface area contributed by atoms with E-state index in [1.807, 2.05) is 17.4 Å². The first-order valence-corrected chi connectivity index (χ1v) is 7.46. The van der Waals surface area contributed by atoms with Gasteiger partial charge in [-0.2, -0.15) is 0 Å². The zero-order chi connectivity index (χ0) is 14.8. The van der Waals surface area contributed by atoms with Crippen molar-refractivity contribution >= 4 is 11.4 Å². The first-order chi connectivity index (χ1) is 10.1. The molecular weight excluding hydrogens is 266 g/mol. The molecule has 1 atom stereocenters. The summed E-state index contributed by atoms with van der Waals surface area (Å²) in [5.74, 6) is 1.22. The van der Waals surface area contributed by atoms with Gasteiger partial charge < -0.3 is 15.4 Å². The maximum atomic E-state index is 6.13. The third-order valence-corrected chi connectivity index (χ3v) is 3.95. The van der Waals surface area contributed by atoms with Gasteiger partial charge in [-0.05, 0) is 18.1 Å². The highest BCUT2D eigenvalue weighted by Gasteiger charge is 2.25. The number of nitrogens with zero attached hydrogens (tertiary/aromatic N) is 3. The lowest BCUT2D eigenvalue weighted by Gasteiger charge is -2.30. The fourth-order valence-electron chi connectivity index (χ4n) is 2.62. The molecule has 1 aromatic heterocycles. The SMILES string of the molecule is CC(C)C1C=C(N)N(c2cncc(N3CCOCC3)c2)N1. The minimum absolute atomic E-state index is 0.261. The zero-order valence-corrected chi connectivity index (χ0v) is 12.6. The van der Waals surface area contributed by atoms with Crippen LogP contribution in [0.5, 0.6) is 0 Å². The Kier molecular flexibility index (Phi) is 3.98. The van der Waals surface area contributed by atoms with Gasteiger partial charge in [-0.15, -0.1) is 0 Å². The summed E-state index contributed by atoms with van der Waals surface area (Å²) in [5, 5.41) is 1.92. The second kappa shape index (κ2) is 5.91. The number of aromatic nitrogens is 1. The Morgan fingerprint density at radius 3 is 2.67 bits per heavy atom. The fourth-order valence-corrected chi connectivity index (χ4v) is 2.62. The minimum atomic E-state index is 0.261. The summed E-state index contributed by atoms with van der Waals surface area (Å²) in [6.07, 6.45) is 5.79. The van der Waals surface area contributed by atoms with Gasteiger partial charge in [-0.1, -0.05) is 13.8 Å². The fraction of sp³-hybridized carbons (Fsp3) is 0.533. The van der Waals surface area contributed by atoms with Gasteiger partial charge in [0.1, 0.15) is 5.82 Å². The highest BCUT2D eigenvalue weighted by atomic mass is 16.5. The molecule has 0 amide bonds. The van der Waals surface area contributed by atoms with E-state index >= 15 is 0 Å². The Balaban J connectivity index is 1.79. The average Bonchev–Trinajstić information content (AvgIpc) is 2.91. The van der Waals surface area contributed by atoms with E-state index in [-0.39, 0.29) is 6.04 Å². The van der Waals surface area contributed by atoms with Crippen molar-refractivity contribution in [2.24, 2.45) is 11.7 Å². The van der Waals surface area contributed by atoms with Gasteiger partial charge in [-0.3, -0.25) is 9.99 Å². The zero-order valence-electron chi connectivity index (χ0n) is 12.6. The molecule has 2 aliphatic rings. The highest BCUT2D eigenvalue weighted by molar-refractivity contribution is 5.60. The number of hydrogen-bond acceptors (Lipinski definition) is 6. The standard InChI is InChI=1S/C15H23N5O/c1-11(2)14-8-15(16)20(18-14)13-7-12(9-17-10-13)19-3-5-21-6-4-19/h7-11,14,18H,3-6,16H2,1-2H3. The number of rotatable bonds is 3. The molecule has 6 heteroatoms. The van der Waals surface area contributed by atoms with Crippen LogP contribution in [-0.2, 0) is 4.74 Å². The molecule has 0 saturated carbocycles. The van der Waals surface area contributed by atoms with Crippen LogP contribution in [-0.4, -0.2) is 37.3 Å². The largest absolute Gasteiger partial charge is 0.384 e. The topological polar surface area (TPSA) is 66.7 Å². The molecule has 0 bridgehead atoms. The average molecular weight is 289 g/mol. The first-order valence-electron chi connectivity index (χ1n) is 7.46. The van der Waals surface area contributed by atoms with Gasteiger partial charge in [0.05, 0.1) is 43.0 Å². The second-order valence-electron chi connectivity index (χ2n) is 5.83. The Labute approximate surface area is 125 Å². The number of morpholine rings is 1. The van der Waals surface area contributed by atoms with Crippen LogP contribution in [0.25, 0.3) is 0 Å². The monoisotopic (exact) mass is 289 g/mol. The van der Waals surface area contributed by atoms with Gasteiger partial charge in [0, 0.05) is 13.1 Å². The summed E-state index contributed by atoms with van der Waals surface area (Å²) in [6, 6.07) is 2.38. The molecule has 0 radical (unpaired) electrons. The molecule has 1 fully saturated rings. The molecule has 0 aromatic carbocycles. The van der Waals surface area contributed by atoms with Crippen molar-refractivity contribution in [2.45, 2.75) is 19.9 Å². The third kappa shape index (κ3) is 2.96. The first kappa shape index (κ1) is 14.2. The number of pyridine rings is 1. The lowest BCUT2D eigenvalue weighted by molar-refractivity contribution is 0.122. The molecule has 0 aliphatic carbocycles. The number of ether oxygens (including phenoxy) is 1. The summed E-state index contributed by atoms with van der Waals surface area (Å²) >= 11 is 0. The molecule has 1 aromatic rings. The van der Waals surface area contributed by atoms with Crippen molar-refractivity contribution in [1.29, 1.82) is 0 Å². The van der Waals surface area contributed by atoms with E-state index in [4.69, 9.17) is 10.5 Å². The van der Waals surface area contributed by atoms with E-state index in [2.05, 4.69) is 41.3 Å². The van der Waals surface area contributed by atoms with E-state index in [1.165, 1.54) is 0 Å². The van der Waals surface area contributed by atoms with Crippen molar-refractivity contribution < 1.29 is 4.74 Å². The Morgan fingerprint density at radius 2 is 2.00 bits per heavy atom. The Morgan fingerprint density at radius 1 is 1.29 bits per heavy atom. The molecule has 114 valence electrons. The lowest BCUT2D eigenvalue weighted by atomic mass is 10.1. The van der Waals surface area contributed by atoms with Gasteiger partial charge >= 0.3 is 0 Å². The maximum Gasteiger partial charge on any atom is 0.116 e. The van der Waals surface area contributed by atoms with Crippen LogP contribution in [0.2, 0.25) is 0 Å². The van der Waals surface area contributed by atoms with Crippen LogP contribution in [0.3, 0.4) is 0 Å². The predicted octanol–water partition coefficient (Wildman–Crippen LogP) is 1.07. The number of nitrogens with two attached hydrogens (primary N) is 1. The number of hydrogen-bond donors (Lipinski definition) is 2. The maximum absolute atomic E-state index is 6.13. The van der Waals surface area contributed by atoms with E-state index in [0.717, 1.165) is 43.5 Å². The summed E-state index contributed by atoms with van der Waals surface area (Å²) in [6.45, 7) is 7.69. The highest BCUT2D eigenvalue weighted by Crippen LogP contribution is 2.25. The molecule has 3 N–H and O–H groups in total.